The third kappa shape index (κ3) is 4.60. The standard InChI is InChI=1S/C27H30F2N6O2/c1-15(18-12-22(37-3)33-14-20(18)23(28)29)26(36)35-10-7-27(13-21(27)35)6-5-17-11-19(16(2)34-24(17)30)25-31-8-4-9-32-25/h4,8-9,11-12,14-15,21,23H,5-7,10,13H2,1-3H3,(H2,30,34)/t15-,21?,27+/m0/s1. The van der Waals surface area contributed by atoms with E-state index in [4.69, 9.17) is 10.5 Å². The molecule has 3 atom stereocenters. The topological polar surface area (TPSA) is 107 Å². The number of fused-ring (bicyclic) bond motifs is 1. The number of nitrogen functional groups attached to an aromatic ring is 1. The molecule has 2 aliphatic rings. The SMILES string of the molecule is COc1cc([C@H](C)C(=O)N2CC[C@]3(CCc4cc(-c5ncccn5)c(C)nc4N)CC23)c(C(F)F)cn1. The van der Waals surface area contributed by atoms with E-state index in [0.717, 1.165) is 48.7 Å². The van der Waals surface area contributed by atoms with Crippen molar-refractivity contribution in [3.8, 4) is 17.3 Å². The Morgan fingerprint density at radius 1 is 1.24 bits per heavy atom. The number of nitrogens with zero attached hydrogens (tertiary/aromatic N) is 5. The van der Waals surface area contributed by atoms with Crippen molar-refractivity contribution in [2.24, 2.45) is 5.41 Å². The van der Waals surface area contributed by atoms with Gasteiger partial charge in [0.05, 0.1) is 18.7 Å². The summed E-state index contributed by atoms with van der Waals surface area (Å²) in [6.07, 6.45) is 5.15. The smallest absolute Gasteiger partial charge is 0.265 e. The number of hydrogen-bond acceptors (Lipinski definition) is 7. The van der Waals surface area contributed by atoms with Crippen molar-refractivity contribution >= 4 is 11.7 Å². The van der Waals surface area contributed by atoms with Gasteiger partial charge in [0.1, 0.15) is 5.82 Å². The molecular weight excluding hydrogens is 478 g/mol. The normalized spacial score (nSPS) is 21.1. The minimum Gasteiger partial charge on any atom is -0.481 e. The number of alkyl halides is 2. The Hall–Kier alpha value is -3.69. The Labute approximate surface area is 214 Å². The van der Waals surface area contributed by atoms with E-state index in [-0.39, 0.29) is 34.4 Å². The van der Waals surface area contributed by atoms with Crippen LogP contribution in [0.1, 0.15) is 60.9 Å². The third-order valence-corrected chi connectivity index (χ3v) is 7.91. The average Bonchev–Trinajstić information content (AvgIpc) is 3.50. The number of rotatable bonds is 8. The van der Waals surface area contributed by atoms with E-state index in [1.54, 1.807) is 25.4 Å². The maximum Gasteiger partial charge on any atom is 0.265 e. The zero-order valence-corrected chi connectivity index (χ0v) is 21.1. The summed E-state index contributed by atoms with van der Waals surface area (Å²) < 4.78 is 32.4. The van der Waals surface area contributed by atoms with Crippen LogP contribution in [0.15, 0.2) is 36.8 Å². The quantitative estimate of drug-likeness (QED) is 0.477. The van der Waals surface area contributed by atoms with Crippen LogP contribution in [0, 0.1) is 12.3 Å². The predicted molar refractivity (Wildman–Crippen MR) is 134 cm³/mol. The maximum absolute atomic E-state index is 13.6. The second-order valence-corrected chi connectivity index (χ2v) is 9.98. The van der Waals surface area contributed by atoms with Gasteiger partial charge in [-0.1, -0.05) is 0 Å². The molecule has 3 aromatic rings. The lowest BCUT2D eigenvalue weighted by atomic mass is 9.94. The van der Waals surface area contributed by atoms with Gasteiger partial charge in [-0.3, -0.25) is 4.79 Å². The molecule has 1 saturated carbocycles. The van der Waals surface area contributed by atoms with Crippen LogP contribution in [-0.2, 0) is 11.2 Å². The van der Waals surface area contributed by atoms with E-state index in [2.05, 4.69) is 19.9 Å². The number of carbonyl (C=O) groups is 1. The molecule has 1 aliphatic carbocycles. The van der Waals surface area contributed by atoms with E-state index in [1.807, 2.05) is 17.9 Å². The van der Waals surface area contributed by atoms with Crippen molar-refractivity contribution in [2.45, 2.75) is 57.9 Å². The lowest BCUT2D eigenvalue weighted by Crippen LogP contribution is -2.34. The molecule has 194 valence electrons. The fraction of sp³-hybridized carbons (Fsp3) is 0.444. The number of carbonyl (C=O) groups excluding carboxylic acids is 1. The second kappa shape index (κ2) is 9.64. The minimum atomic E-state index is -2.72. The monoisotopic (exact) mass is 508 g/mol. The number of amides is 1. The number of halogens is 2. The molecule has 0 bridgehead atoms. The molecule has 10 heteroatoms. The van der Waals surface area contributed by atoms with Crippen LogP contribution in [0.25, 0.3) is 11.4 Å². The molecule has 0 radical (unpaired) electrons. The van der Waals surface area contributed by atoms with E-state index in [9.17, 15) is 13.6 Å². The van der Waals surface area contributed by atoms with E-state index >= 15 is 0 Å². The van der Waals surface area contributed by atoms with Crippen LogP contribution in [0.4, 0.5) is 14.6 Å². The molecule has 2 N–H and O–H groups in total. The molecule has 1 unspecified atom stereocenters. The van der Waals surface area contributed by atoms with Gasteiger partial charge in [0.15, 0.2) is 5.82 Å². The van der Waals surface area contributed by atoms with Crippen molar-refractivity contribution in [3.63, 3.8) is 0 Å². The second-order valence-electron chi connectivity index (χ2n) is 9.98. The molecule has 1 saturated heterocycles. The summed E-state index contributed by atoms with van der Waals surface area (Å²) in [7, 11) is 1.42. The van der Waals surface area contributed by atoms with Gasteiger partial charge in [-0.2, -0.15) is 0 Å². The average molecular weight is 509 g/mol. The molecule has 8 nitrogen and oxygen atoms in total. The zero-order valence-electron chi connectivity index (χ0n) is 21.1. The maximum atomic E-state index is 13.6. The van der Waals surface area contributed by atoms with Crippen molar-refractivity contribution < 1.29 is 18.3 Å². The highest BCUT2D eigenvalue weighted by Gasteiger charge is 2.61. The van der Waals surface area contributed by atoms with Gasteiger partial charge in [0, 0.05) is 48.4 Å². The van der Waals surface area contributed by atoms with Gasteiger partial charge in [0.2, 0.25) is 11.8 Å². The number of nitrogens with two attached hydrogens (primary N) is 1. The summed E-state index contributed by atoms with van der Waals surface area (Å²) in [5.41, 5.74) is 8.89. The van der Waals surface area contributed by atoms with Gasteiger partial charge < -0.3 is 15.4 Å². The van der Waals surface area contributed by atoms with E-state index < -0.39 is 12.3 Å². The largest absolute Gasteiger partial charge is 0.481 e. The molecule has 5 rings (SSSR count). The van der Waals surface area contributed by atoms with Gasteiger partial charge in [-0.25, -0.2) is 28.7 Å². The van der Waals surface area contributed by atoms with Gasteiger partial charge in [-0.15, -0.1) is 0 Å². The molecule has 4 heterocycles. The number of likely N-dealkylation sites (tertiary alicyclic amines) is 1. The number of anilines is 1. The third-order valence-electron chi connectivity index (χ3n) is 7.91. The lowest BCUT2D eigenvalue weighted by molar-refractivity contribution is -0.132. The number of piperidine rings is 1. The summed E-state index contributed by atoms with van der Waals surface area (Å²) in [4.78, 5) is 32.4. The lowest BCUT2D eigenvalue weighted by Gasteiger charge is -2.24. The highest BCUT2D eigenvalue weighted by atomic mass is 19.3. The van der Waals surface area contributed by atoms with Crippen molar-refractivity contribution in [1.29, 1.82) is 0 Å². The molecule has 37 heavy (non-hydrogen) atoms. The molecule has 0 spiro atoms. The fourth-order valence-corrected chi connectivity index (χ4v) is 5.62. The first-order chi connectivity index (χ1) is 17.7. The van der Waals surface area contributed by atoms with Crippen LogP contribution in [-0.4, -0.2) is 50.4 Å². The summed E-state index contributed by atoms with van der Waals surface area (Å²) in [5.74, 6) is 0.461. The van der Waals surface area contributed by atoms with E-state index in [1.165, 1.54) is 13.2 Å². The Balaban J connectivity index is 1.29. The predicted octanol–water partition coefficient (Wildman–Crippen LogP) is 4.50. The van der Waals surface area contributed by atoms with Crippen molar-refractivity contribution in [2.75, 3.05) is 19.4 Å². The van der Waals surface area contributed by atoms with Crippen LogP contribution in [0.2, 0.25) is 0 Å². The Morgan fingerprint density at radius 2 is 2.00 bits per heavy atom. The highest BCUT2D eigenvalue weighted by Crippen LogP contribution is 2.60. The number of pyridine rings is 2. The zero-order chi connectivity index (χ0) is 26.3. The summed E-state index contributed by atoms with van der Waals surface area (Å²) in [5, 5.41) is 0. The van der Waals surface area contributed by atoms with Crippen LogP contribution < -0.4 is 10.5 Å². The highest BCUT2D eigenvalue weighted by molar-refractivity contribution is 5.85. The first-order valence-corrected chi connectivity index (χ1v) is 12.4. The number of aromatic nitrogens is 4. The first kappa shape index (κ1) is 25.0. The summed E-state index contributed by atoms with van der Waals surface area (Å²) in [6.45, 7) is 4.18. The van der Waals surface area contributed by atoms with Gasteiger partial charge in [-0.05, 0) is 68.2 Å². The molecule has 1 amide bonds. The first-order valence-electron chi connectivity index (χ1n) is 12.4. The summed E-state index contributed by atoms with van der Waals surface area (Å²) >= 11 is 0. The van der Waals surface area contributed by atoms with Crippen molar-refractivity contribution in [3.05, 3.63) is 59.2 Å². The Morgan fingerprint density at radius 3 is 2.68 bits per heavy atom. The van der Waals surface area contributed by atoms with Gasteiger partial charge >= 0.3 is 0 Å². The number of aryl methyl sites for hydroxylation is 2. The Kier molecular flexibility index (Phi) is 6.51. The molecular formula is C27H30F2N6O2. The molecule has 1 aliphatic heterocycles. The fourth-order valence-electron chi connectivity index (χ4n) is 5.62. The Bertz CT molecular complexity index is 1320. The van der Waals surface area contributed by atoms with Crippen LogP contribution >= 0.6 is 0 Å². The molecule has 0 aromatic carbocycles. The minimum absolute atomic E-state index is 0.0254. The number of ether oxygens (including phenoxy) is 1. The van der Waals surface area contributed by atoms with Gasteiger partial charge in [0.25, 0.3) is 6.43 Å². The van der Waals surface area contributed by atoms with Crippen LogP contribution in [0.5, 0.6) is 5.88 Å². The molecule has 3 aromatic heterocycles. The van der Waals surface area contributed by atoms with Crippen LogP contribution in [0.3, 0.4) is 0 Å². The number of hydrogen-bond donors (Lipinski definition) is 1. The molecule has 2 fully saturated rings. The number of methoxy groups -OCH3 is 1. The summed E-state index contributed by atoms with van der Waals surface area (Å²) in [6, 6.07) is 5.34. The van der Waals surface area contributed by atoms with Crippen molar-refractivity contribution in [1.82, 2.24) is 24.8 Å². The van der Waals surface area contributed by atoms with E-state index in [0.29, 0.717) is 18.2 Å².